The number of azide groups is 1. The molecule has 0 fully saturated rings. The predicted octanol–water partition coefficient (Wildman–Crippen LogP) is 4.12. The Hall–Kier alpha value is -1.17. The minimum Gasteiger partial charge on any atom is -0.240 e. The van der Waals surface area contributed by atoms with Crippen molar-refractivity contribution in [1.29, 1.82) is 0 Å². The zero-order chi connectivity index (χ0) is 13.6. The van der Waals surface area contributed by atoms with Crippen LogP contribution >= 0.6 is 46.4 Å². The van der Waals surface area contributed by atoms with Crippen LogP contribution < -0.4 is 0 Å². The van der Waals surface area contributed by atoms with Gasteiger partial charge in [0.15, 0.2) is 0 Å². The molecular formula is C8Cl4N4O2. The third-order valence-corrected chi connectivity index (χ3v) is 4.01. The Morgan fingerprint density at radius 3 is 1.61 bits per heavy atom. The van der Waals surface area contributed by atoms with Gasteiger partial charge in [-0.3, -0.25) is 0 Å². The molecule has 1 aliphatic heterocycles. The van der Waals surface area contributed by atoms with Crippen LogP contribution in [0.4, 0.5) is 0 Å². The molecule has 0 spiro atoms. The summed E-state index contributed by atoms with van der Waals surface area (Å²) in [6.45, 7) is 0. The van der Waals surface area contributed by atoms with Gasteiger partial charge in [-0.2, -0.15) is 4.91 Å². The van der Waals surface area contributed by atoms with Gasteiger partial charge < -0.3 is 0 Å². The lowest BCUT2D eigenvalue weighted by atomic mass is 10.1. The second-order valence-corrected chi connectivity index (χ2v) is 4.62. The molecule has 1 aromatic rings. The highest BCUT2D eigenvalue weighted by Crippen LogP contribution is 2.44. The minimum absolute atomic E-state index is 0.147. The lowest BCUT2D eigenvalue weighted by Gasteiger charge is -2.04. The average Bonchev–Trinajstić information content (AvgIpc) is 2.59. The van der Waals surface area contributed by atoms with Crippen molar-refractivity contribution in [3.8, 4) is 0 Å². The molecule has 0 aromatic heterocycles. The van der Waals surface area contributed by atoms with E-state index in [1.165, 1.54) is 0 Å². The number of amides is 2. The minimum atomic E-state index is -0.904. The van der Waals surface area contributed by atoms with Crippen LogP contribution in [0, 0.1) is 0 Å². The molecule has 0 aliphatic carbocycles. The Labute approximate surface area is 120 Å². The number of hydrogen-bond acceptors (Lipinski definition) is 3. The van der Waals surface area contributed by atoms with Crippen LogP contribution in [0.5, 0.6) is 0 Å². The van der Waals surface area contributed by atoms with E-state index in [0.29, 0.717) is 5.01 Å². The summed E-state index contributed by atoms with van der Waals surface area (Å²) in [5.41, 5.74) is 7.83. The maximum absolute atomic E-state index is 11.8. The second kappa shape index (κ2) is 4.50. The van der Waals surface area contributed by atoms with Gasteiger partial charge in [-0.25, -0.2) is 9.59 Å². The number of rotatable bonds is 1. The molecule has 0 N–H and O–H groups in total. The SMILES string of the molecule is [N-]=[N+]=NN1C(=O)c2c(Cl)c(Cl)c(Cl)c(Cl)c2C1=O. The molecule has 92 valence electrons. The highest BCUT2D eigenvalue weighted by molar-refractivity contribution is 6.55. The predicted molar refractivity (Wildman–Crippen MR) is 66.1 cm³/mol. The summed E-state index contributed by atoms with van der Waals surface area (Å²) in [5, 5.41) is 2.53. The van der Waals surface area contributed by atoms with E-state index < -0.39 is 11.8 Å². The molecule has 1 aromatic carbocycles. The van der Waals surface area contributed by atoms with Gasteiger partial charge in [0.05, 0.1) is 20.1 Å². The lowest BCUT2D eigenvalue weighted by Crippen LogP contribution is -2.22. The number of fused-ring (bicyclic) bond motifs is 1. The van der Waals surface area contributed by atoms with Crippen molar-refractivity contribution < 1.29 is 9.59 Å². The molecule has 0 unspecified atom stereocenters. The van der Waals surface area contributed by atoms with E-state index in [9.17, 15) is 9.59 Å². The van der Waals surface area contributed by atoms with Gasteiger partial charge in [0, 0.05) is 0 Å². The molecule has 18 heavy (non-hydrogen) atoms. The van der Waals surface area contributed by atoms with Gasteiger partial charge >= 0.3 is 11.8 Å². The second-order valence-electron chi connectivity index (χ2n) is 3.11. The summed E-state index contributed by atoms with van der Waals surface area (Å²) in [5.74, 6) is -1.81. The zero-order valence-corrected chi connectivity index (χ0v) is 11.1. The largest absolute Gasteiger partial charge is 0.354 e. The Morgan fingerprint density at radius 2 is 1.28 bits per heavy atom. The molecule has 0 bridgehead atoms. The van der Waals surface area contributed by atoms with E-state index in [4.69, 9.17) is 51.9 Å². The first-order valence-corrected chi connectivity index (χ1v) is 5.72. The summed E-state index contributed by atoms with van der Waals surface area (Å²) in [7, 11) is 0. The number of hydrogen-bond donors (Lipinski definition) is 0. The van der Waals surface area contributed by atoms with E-state index in [1.807, 2.05) is 0 Å². The first-order chi connectivity index (χ1) is 8.41. The Bertz CT molecular complexity index is 606. The van der Waals surface area contributed by atoms with Gasteiger partial charge in [-0.1, -0.05) is 46.4 Å². The van der Waals surface area contributed by atoms with Crippen LogP contribution in [0.3, 0.4) is 0 Å². The molecular weight excluding hydrogens is 326 g/mol. The van der Waals surface area contributed by atoms with Crippen molar-refractivity contribution in [1.82, 2.24) is 5.01 Å². The third-order valence-electron chi connectivity index (χ3n) is 2.21. The average molecular weight is 326 g/mol. The van der Waals surface area contributed by atoms with Crippen LogP contribution in [0.1, 0.15) is 20.7 Å². The monoisotopic (exact) mass is 324 g/mol. The molecule has 0 saturated carbocycles. The fraction of sp³-hybridized carbons (Fsp3) is 0. The van der Waals surface area contributed by atoms with E-state index >= 15 is 0 Å². The number of carbonyl (C=O) groups excluding carboxylic acids is 2. The standard InChI is InChI=1S/C8Cl4N4O2/c9-3-1-2(4(10)6(12)5(3)11)8(18)16(7(1)17)15-14-13. The highest BCUT2D eigenvalue weighted by Gasteiger charge is 2.45. The molecule has 0 atom stereocenters. The van der Waals surface area contributed by atoms with Crippen LogP contribution in [0.15, 0.2) is 5.22 Å². The first kappa shape index (κ1) is 13.3. The van der Waals surface area contributed by atoms with E-state index in [1.54, 1.807) is 0 Å². The van der Waals surface area contributed by atoms with Crippen molar-refractivity contribution in [2.45, 2.75) is 0 Å². The molecule has 0 radical (unpaired) electrons. The highest BCUT2D eigenvalue weighted by atomic mass is 35.5. The number of carbonyl (C=O) groups is 2. The fourth-order valence-corrected chi connectivity index (χ4v) is 2.47. The molecule has 2 rings (SSSR count). The van der Waals surface area contributed by atoms with E-state index in [-0.39, 0.29) is 31.2 Å². The number of halogens is 4. The normalized spacial score (nSPS) is 13.7. The molecule has 2 amide bonds. The fourth-order valence-electron chi connectivity index (χ4n) is 1.46. The van der Waals surface area contributed by atoms with E-state index in [2.05, 4.69) is 10.1 Å². The topological polar surface area (TPSA) is 86.1 Å². The van der Waals surface area contributed by atoms with Crippen molar-refractivity contribution in [2.24, 2.45) is 5.22 Å². The molecule has 1 heterocycles. The van der Waals surface area contributed by atoms with Crippen molar-refractivity contribution >= 4 is 58.2 Å². The molecule has 0 saturated heterocycles. The Kier molecular flexibility index (Phi) is 3.31. The summed E-state index contributed by atoms with van der Waals surface area (Å²) in [4.78, 5) is 26.0. The molecule has 6 nitrogen and oxygen atoms in total. The van der Waals surface area contributed by atoms with Crippen molar-refractivity contribution in [2.75, 3.05) is 0 Å². The van der Waals surface area contributed by atoms with Gasteiger partial charge in [0.25, 0.3) is 0 Å². The maximum Gasteiger partial charge on any atom is 0.354 e. The third kappa shape index (κ3) is 1.62. The number of imide groups is 1. The maximum atomic E-state index is 11.8. The smallest absolute Gasteiger partial charge is 0.240 e. The summed E-state index contributed by atoms with van der Waals surface area (Å²) in [6.07, 6.45) is 0. The van der Waals surface area contributed by atoms with Crippen molar-refractivity contribution in [3.63, 3.8) is 0 Å². The van der Waals surface area contributed by atoms with Gasteiger partial charge in [0.1, 0.15) is 11.1 Å². The van der Waals surface area contributed by atoms with Gasteiger partial charge in [0.2, 0.25) is 0 Å². The first-order valence-electron chi connectivity index (χ1n) is 4.21. The number of nitrogens with zero attached hydrogens (tertiary/aromatic N) is 4. The lowest BCUT2D eigenvalue weighted by molar-refractivity contribution is 0.0655. The van der Waals surface area contributed by atoms with Gasteiger partial charge in [-0.15, -0.1) is 10.5 Å². The van der Waals surface area contributed by atoms with Gasteiger partial charge in [-0.05, 0) is 5.22 Å². The van der Waals surface area contributed by atoms with Crippen LogP contribution in [-0.2, 0) is 0 Å². The van der Waals surface area contributed by atoms with Crippen LogP contribution in [0.2, 0.25) is 20.1 Å². The Morgan fingerprint density at radius 1 is 0.889 bits per heavy atom. The van der Waals surface area contributed by atoms with E-state index in [0.717, 1.165) is 0 Å². The number of benzene rings is 1. The quantitative estimate of drug-likeness (QED) is 0.194. The summed E-state index contributed by atoms with van der Waals surface area (Å²) < 4.78 is 0. The Balaban J connectivity index is 2.84. The zero-order valence-electron chi connectivity index (χ0n) is 8.12. The molecule has 10 heteroatoms. The van der Waals surface area contributed by atoms with Crippen molar-refractivity contribution in [3.05, 3.63) is 41.7 Å². The molecule has 1 aliphatic rings. The van der Waals surface area contributed by atoms with Crippen LogP contribution in [0.25, 0.3) is 10.4 Å². The summed E-state index contributed by atoms with van der Waals surface area (Å²) in [6, 6.07) is 0. The van der Waals surface area contributed by atoms with Crippen LogP contribution in [-0.4, -0.2) is 16.8 Å². The summed E-state index contributed by atoms with van der Waals surface area (Å²) >= 11 is 23.2.